The Hall–Kier alpha value is -3.67. The molecule has 3 heterocycles. The van der Waals surface area contributed by atoms with Gasteiger partial charge in [-0.15, -0.1) is 11.3 Å². The fourth-order valence-electron chi connectivity index (χ4n) is 3.53. The monoisotopic (exact) mass is 513 g/mol. The van der Waals surface area contributed by atoms with Gasteiger partial charge in [0.2, 0.25) is 0 Å². The lowest BCUT2D eigenvalue weighted by atomic mass is 10.1. The molecule has 9 nitrogen and oxygen atoms in total. The van der Waals surface area contributed by atoms with E-state index in [1.54, 1.807) is 43.7 Å². The molecule has 0 fully saturated rings. The number of halogens is 1. The number of H-pyrrole nitrogens is 1. The first-order chi connectivity index (χ1) is 16.2. The lowest BCUT2D eigenvalue weighted by Crippen LogP contribution is -2.33. The number of nitrogens with zero attached hydrogens (tertiary/aromatic N) is 2. The van der Waals surface area contributed by atoms with Gasteiger partial charge >= 0.3 is 6.03 Å². The second-order valence-electron chi connectivity index (χ2n) is 7.44. The maximum absolute atomic E-state index is 13.1. The number of aryl methyl sites for hydroxylation is 1. The highest BCUT2D eigenvalue weighted by molar-refractivity contribution is 7.92. The number of aromatic nitrogens is 3. The van der Waals surface area contributed by atoms with Crippen LogP contribution in [0.4, 0.5) is 10.5 Å². The highest BCUT2D eigenvalue weighted by atomic mass is 35.5. The highest BCUT2D eigenvalue weighted by Crippen LogP contribution is 2.26. The van der Waals surface area contributed by atoms with Crippen LogP contribution in [-0.2, 0) is 10.0 Å². The summed E-state index contributed by atoms with van der Waals surface area (Å²) < 4.78 is 28.1. The maximum atomic E-state index is 13.1. The third-order valence-electron chi connectivity index (χ3n) is 5.12. The van der Waals surface area contributed by atoms with Gasteiger partial charge in [0.15, 0.2) is 0 Å². The summed E-state index contributed by atoms with van der Waals surface area (Å²) in [6, 6.07) is 12.0. The molecule has 34 heavy (non-hydrogen) atoms. The van der Waals surface area contributed by atoms with E-state index in [0.29, 0.717) is 16.6 Å². The predicted molar refractivity (Wildman–Crippen MR) is 133 cm³/mol. The summed E-state index contributed by atoms with van der Waals surface area (Å²) in [6.45, 7) is 1.77. The molecule has 5 aromatic rings. The van der Waals surface area contributed by atoms with Crippen LogP contribution < -0.4 is 15.6 Å². The molecule has 2 aromatic carbocycles. The Labute approximate surface area is 202 Å². The van der Waals surface area contributed by atoms with Crippen molar-refractivity contribution in [2.75, 3.05) is 5.32 Å². The number of carbonyl (C=O) groups excluding carboxylic acids is 1. The van der Waals surface area contributed by atoms with Crippen molar-refractivity contribution in [1.29, 1.82) is 0 Å². The first-order valence-electron chi connectivity index (χ1n) is 9.90. The number of carbonyl (C=O) groups is 1. The van der Waals surface area contributed by atoms with Gasteiger partial charge in [-0.25, -0.2) is 22.9 Å². The van der Waals surface area contributed by atoms with Gasteiger partial charge < -0.3 is 10.3 Å². The standard InChI is InChI=1S/C22H16ClN5O4S2/c1-12-2-5-20(33-12)34(31,32)27-22(30)26-14-3-4-19(16(23)9-14)28-7-6-13-8-17-18(25-11-24-17)10-15(13)21(28)29/h2-11H,1H3,(H,24,25)(H2,26,27,30). The molecule has 0 saturated heterocycles. The summed E-state index contributed by atoms with van der Waals surface area (Å²) in [4.78, 5) is 33.4. The second kappa shape index (κ2) is 8.28. The number of anilines is 1. The molecular formula is C22H16ClN5O4S2. The maximum Gasteiger partial charge on any atom is 0.333 e. The molecule has 0 aliphatic rings. The first kappa shape index (κ1) is 22.1. The molecule has 0 aliphatic carbocycles. The summed E-state index contributed by atoms with van der Waals surface area (Å²) in [6.07, 6.45) is 3.18. The van der Waals surface area contributed by atoms with Gasteiger partial charge in [0.25, 0.3) is 15.6 Å². The van der Waals surface area contributed by atoms with Gasteiger partial charge in [-0.3, -0.25) is 9.36 Å². The Morgan fingerprint density at radius 1 is 1.15 bits per heavy atom. The number of pyridine rings is 1. The second-order valence-corrected chi connectivity index (χ2v) is 11.0. The molecule has 0 saturated carbocycles. The van der Waals surface area contributed by atoms with Crippen LogP contribution in [0.25, 0.3) is 27.5 Å². The molecule has 0 atom stereocenters. The van der Waals surface area contributed by atoms with Crippen molar-refractivity contribution in [2.24, 2.45) is 0 Å². The van der Waals surface area contributed by atoms with E-state index in [-0.39, 0.29) is 20.5 Å². The number of hydrogen-bond acceptors (Lipinski definition) is 6. The average Bonchev–Trinajstić information content (AvgIpc) is 3.42. The van der Waals surface area contributed by atoms with Crippen LogP contribution in [0.2, 0.25) is 5.02 Å². The smallest absolute Gasteiger partial charge is 0.333 e. The minimum Gasteiger partial charge on any atom is -0.345 e. The summed E-state index contributed by atoms with van der Waals surface area (Å²) in [5, 5.41) is 3.87. The van der Waals surface area contributed by atoms with E-state index in [1.807, 2.05) is 10.8 Å². The molecule has 0 spiro atoms. The minimum absolute atomic E-state index is 0.0383. The zero-order chi connectivity index (χ0) is 24.0. The number of amides is 2. The molecule has 0 radical (unpaired) electrons. The minimum atomic E-state index is -3.99. The normalized spacial score (nSPS) is 11.7. The lowest BCUT2D eigenvalue weighted by molar-refractivity contribution is 0.256. The summed E-state index contributed by atoms with van der Waals surface area (Å²) >= 11 is 7.47. The largest absolute Gasteiger partial charge is 0.345 e. The quantitative estimate of drug-likeness (QED) is 0.328. The molecule has 5 rings (SSSR count). The molecule has 3 N–H and O–H groups in total. The van der Waals surface area contributed by atoms with E-state index in [2.05, 4.69) is 15.3 Å². The van der Waals surface area contributed by atoms with Crippen LogP contribution in [0, 0.1) is 6.92 Å². The number of urea groups is 1. The lowest BCUT2D eigenvalue weighted by Gasteiger charge is -2.12. The Balaban J connectivity index is 1.41. The number of rotatable bonds is 4. The zero-order valence-electron chi connectivity index (χ0n) is 17.5. The number of hydrogen-bond donors (Lipinski definition) is 3. The van der Waals surface area contributed by atoms with E-state index >= 15 is 0 Å². The van der Waals surface area contributed by atoms with Crippen LogP contribution in [0.5, 0.6) is 0 Å². The van der Waals surface area contributed by atoms with Gasteiger partial charge in [0.1, 0.15) is 4.21 Å². The zero-order valence-corrected chi connectivity index (χ0v) is 19.9. The average molecular weight is 514 g/mol. The van der Waals surface area contributed by atoms with Crippen LogP contribution in [0.1, 0.15) is 4.88 Å². The van der Waals surface area contributed by atoms with Crippen molar-refractivity contribution in [3.8, 4) is 5.69 Å². The van der Waals surface area contributed by atoms with E-state index in [1.165, 1.54) is 22.8 Å². The van der Waals surface area contributed by atoms with E-state index < -0.39 is 16.1 Å². The Kier molecular flexibility index (Phi) is 5.39. The van der Waals surface area contributed by atoms with Crippen molar-refractivity contribution in [3.63, 3.8) is 0 Å². The van der Waals surface area contributed by atoms with Crippen LogP contribution in [0.15, 0.2) is 70.1 Å². The van der Waals surface area contributed by atoms with Crippen molar-refractivity contribution >= 4 is 66.5 Å². The fraction of sp³-hybridized carbons (Fsp3) is 0.0455. The number of fused-ring (bicyclic) bond motifs is 2. The van der Waals surface area contributed by atoms with Gasteiger partial charge in [0.05, 0.1) is 28.1 Å². The third kappa shape index (κ3) is 4.04. The number of imidazole rings is 1. The molecule has 172 valence electrons. The summed E-state index contributed by atoms with van der Waals surface area (Å²) in [5.74, 6) is 0. The SMILES string of the molecule is Cc1ccc(S(=O)(=O)NC(=O)Nc2ccc(-n3ccc4cc5[nH]cnc5cc4c3=O)c(Cl)c2)s1. The Morgan fingerprint density at radius 3 is 2.71 bits per heavy atom. The molecule has 2 amide bonds. The topological polar surface area (TPSA) is 126 Å². The van der Waals surface area contributed by atoms with Gasteiger partial charge in [-0.1, -0.05) is 11.6 Å². The number of thiophene rings is 1. The van der Waals surface area contributed by atoms with Gasteiger partial charge in [0, 0.05) is 22.1 Å². The molecule has 0 aliphatic heterocycles. The fourth-order valence-corrected chi connectivity index (χ4v) is 5.99. The Morgan fingerprint density at radius 2 is 1.97 bits per heavy atom. The van der Waals surface area contributed by atoms with E-state index in [4.69, 9.17) is 11.6 Å². The van der Waals surface area contributed by atoms with Crippen LogP contribution >= 0.6 is 22.9 Å². The Bertz CT molecular complexity index is 1750. The molecule has 0 unspecified atom stereocenters. The molecular weight excluding hydrogens is 498 g/mol. The first-order valence-corrected chi connectivity index (χ1v) is 12.6. The predicted octanol–water partition coefficient (Wildman–Crippen LogP) is 4.40. The van der Waals surface area contributed by atoms with Crippen molar-refractivity contribution in [2.45, 2.75) is 11.1 Å². The molecule has 0 bridgehead atoms. The summed E-state index contributed by atoms with van der Waals surface area (Å²) in [5.41, 5.74) is 1.89. The van der Waals surface area contributed by atoms with Gasteiger partial charge in [-0.05, 0) is 60.8 Å². The number of aromatic amines is 1. The molecule has 12 heteroatoms. The summed E-state index contributed by atoms with van der Waals surface area (Å²) in [7, 11) is -3.99. The van der Waals surface area contributed by atoms with Crippen LogP contribution in [-0.4, -0.2) is 29.0 Å². The number of benzene rings is 2. The van der Waals surface area contributed by atoms with E-state index in [9.17, 15) is 18.0 Å². The third-order valence-corrected chi connectivity index (χ3v) is 8.24. The van der Waals surface area contributed by atoms with Crippen molar-refractivity contribution in [3.05, 3.63) is 81.3 Å². The molecule has 3 aromatic heterocycles. The number of sulfonamides is 1. The van der Waals surface area contributed by atoms with Crippen molar-refractivity contribution in [1.82, 2.24) is 19.3 Å². The van der Waals surface area contributed by atoms with Gasteiger partial charge in [-0.2, -0.15) is 0 Å². The highest BCUT2D eigenvalue weighted by Gasteiger charge is 2.20. The van der Waals surface area contributed by atoms with E-state index in [0.717, 1.165) is 27.1 Å². The number of nitrogens with one attached hydrogen (secondary N) is 3. The van der Waals surface area contributed by atoms with Crippen LogP contribution in [0.3, 0.4) is 0 Å². The van der Waals surface area contributed by atoms with Crippen molar-refractivity contribution < 1.29 is 13.2 Å².